The smallest absolute Gasteiger partial charge is 0.280 e. The predicted octanol–water partition coefficient (Wildman–Crippen LogP) is 2.05. The van der Waals surface area contributed by atoms with Crippen molar-refractivity contribution in [1.29, 1.82) is 0 Å². The molecule has 1 aromatic carbocycles. The molecule has 31 heavy (non-hydrogen) atoms. The fraction of sp³-hybridized carbons (Fsp3) is 0.455. The second-order valence-corrected chi connectivity index (χ2v) is 9.35. The summed E-state index contributed by atoms with van der Waals surface area (Å²) in [5.41, 5.74) is 0.0610. The van der Waals surface area contributed by atoms with Crippen molar-refractivity contribution in [3.05, 3.63) is 52.1 Å². The van der Waals surface area contributed by atoms with Crippen LogP contribution in [0.2, 0.25) is 0 Å². The van der Waals surface area contributed by atoms with Gasteiger partial charge in [0.15, 0.2) is 15.5 Å². The highest BCUT2D eigenvalue weighted by atomic mass is 32.1. The second-order valence-electron chi connectivity index (χ2n) is 8.39. The molecule has 0 spiro atoms. The minimum atomic E-state index is -1.03. The number of fused-ring (bicyclic) bond motifs is 1. The Labute approximate surface area is 183 Å². The minimum absolute atomic E-state index is 0.0362. The SMILES string of the molecule is Cn1c(C2(O)CCC2)nc2sc(N3CCC[C@@H]3C(=O)NCc3ccccc3)nc2c1=O. The molecule has 1 atom stereocenters. The quantitative estimate of drug-likeness (QED) is 0.631. The molecule has 3 heterocycles. The topological polar surface area (TPSA) is 100 Å². The van der Waals surface area contributed by atoms with Crippen LogP contribution in [0.3, 0.4) is 0 Å². The number of carbonyl (C=O) groups is 1. The molecule has 0 unspecified atom stereocenters. The van der Waals surface area contributed by atoms with Crippen LogP contribution in [0.25, 0.3) is 10.3 Å². The van der Waals surface area contributed by atoms with E-state index in [1.165, 1.54) is 15.9 Å². The van der Waals surface area contributed by atoms with Gasteiger partial charge in [-0.15, -0.1) is 0 Å². The Bertz CT molecular complexity index is 1190. The lowest BCUT2D eigenvalue weighted by molar-refractivity contribution is -0.122. The van der Waals surface area contributed by atoms with Gasteiger partial charge in [-0.1, -0.05) is 41.7 Å². The van der Waals surface area contributed by atoms with Crippen molar-refractivity contribution in [3.63, 3.8) is 0 Å². The Kier molecular flexibility index (Phi) is 5.02. The Morgan fingerprint density at radius 2 is 2.03 bits per heavy atom. The maximum atomic E-state index is 12.9. The average Bonchev–Trinajstić information content (AvgIpc) is 3.41. The van der Waals surface area contributed by atoms with Crippen LogP contribution in [0.5, 0.6) is 0 Å². The van der Waals surface area contributed by atoms with Crippen molar-refractivity contribution in [2.45, 2.75) is 50.3 Å². The molecule has 2 aromatic heterocycles. The molecule has 8 nitrogen and oxygen atoms in total. The first-order chi connectivity index (χ1) is 15.0. The molecule has 1 saturated carbocycles. The van der Waals surface area contributed by atoms with Crippen LogP contribution in [0.4, 0.5) is 5.13 Å². The summed E-state index contributed by atoms with van der Waals surface area (Å²) in [5, 5.41) is 14.4. The molecule has 9 heteroatoms. The lowest BCUT2D eigenvalue weighted by atomic mass is 9.79. The molecule has 2 aliphatic rings. The summed E-state index contributed by atoms with van der Waals surface area (Å²) in [6, 6.07) is 9.50. The maximum absolute atomic E-state index is 12.9. The molecule has 5 rings (SSSR count). The molecule has 2 fully saturated rings. The van der Waals surface area contributed by atoms with E-state index in [2.05, 4.69) is 15.3 Å². The van der Waals surface area contributed by atoms with E-state index in [0.29, 0.717) is 47.2 Å². The largest absolute Gasteiger partial charge is 0.382 e. The number of hydrogen-bond donors (Lipinski definition) is 2. The highest BCUT2D eigenvalue weighted by Gasteiger charge is 2.41. The Morgan fingerprint density at radius 3 is 2.74 bits per heavy atom. The number of nitrogens with zero attached hydrogens (tertiary/aromatic N) is 4. The summed E-state index contributed by atoms with van der Waals surface area (Å²) >= 11 is 1.32. The van der Waals surface area contributed by atoms with Gasteiger partial charge in [-0.2, -0.15) is 0 Å². The molecule has 0 bridgehead atoms. The number of hydrogen-bond acceptors (Lipinski definition) is 7. The number of aliphatic hydroxyl groups is 1. The fourth-order valence-corrected chi connectivity index (χ4v) is 5.40. The number of carbonyl (C=O) groups excluding carboxylic acids is 1. The molecule has 1 aliphatic heterocycles. The van der Waals surface area contributed by atoms with Crippen LogP contribution in [0.15, 0.2) is 35.1 Å². The van der Waals surface area contributed by atoms with Gasteiger partial charge in [-0.05, 0) is 37.7 Å². The van der Waals surface area contributed by atoms with Crippen molar-refractivity contribution in [2.24, 2.45) is 7.05 Å². The van der Waals surface area contributed by atoms with Gasteiger partial charge in [0, 0.05) is 20.1 Å². The second kappa shape index (κ2) is 7.72. The van der Waals surface area contributed by atoms with Gasteiger partial charge in [0.05, 0.1) is 0 Å². The maximum Gasteiger partial charge on any atom is 0.280 e. The van der Waals surface area contributed by atoms with Crippen LogP contribution >= 0.6 is 11.3 Å². The van der Waals surface area contributed by atoms with Crippen molar-refractivity contribution in [1.82, 2.24) is 19.9 Å². The number of nitrogens with one attached hydrogen (secondary N) is 1. The number of amides is 1. The zero-order valence-corrected chi connectivity index (χ0v) is 18.2. The lowest BCUT2D eigenvalue weighted by Crippen LogP contribution is -2.43. The minimum Gasteiger partial charge on any atom is -0.382 e. The summed E-state index contributed by atoms with van der Waals surface area (Å²) in [7, 11) is 1.63. The van der Waals surface area contributed by atoms with Gasteiger partial charge in [0.1, 0.15) is 17.5 Å². The van der Waals surface area contributed by atoms with E-state index in [1.54, 1.807) is 7.05 Å². The van der Waals surface area contributed by atoms with E-state index in [1.807, 2.05) is 35.2 Å². The lowest BCUT2D eigenvalue weighted by Gasteiger charge is -2.36. The Balaban J connectivity index is 1.41. The van der Waals surface area contributed by atoms with Gasteiger partial charge in [-0.25, -0.2) is 9.97 Å². The average molecular weight is 440 g/mol. The number of aromatic nitrogens is 3. The fourth-order valence-electron chi connectivity index (χ4n) is 4.39. The molecule has 162 valence electrons. The van der Waals surface area contributed by atoms with Crippen molar-refractivity contribution in [3.8, 4) is 0 Å². The molecule has 2 N–H and O–H groups in total. The summed E-state index contributed by atoms with van der Waals surface area (Å²) < 4.78 is 1.42. The predicted molar refractivity (Wildman–Crippen MR) is 119 cm³/mol. The molecular weight excluding hydrogens is 414 g/mol. The first-order valence-electron chi connectivity index (χ1n) is 10.6. The zero-order valence-electron chi connectivity index (χ0n) is 17.4. The van der Waals surface area contributed by atoms with Gasteiger partial charge >= 0.3 is 0 Å². The molecule has 1 saturated heterocycles. The number of anilines is 1. The highest BCUT2D eigenvalue weighted by Crippen LogP contribution is 2.40. The molecule has 1 aliphatic carbocycles. The van der Waals surface area contributed by atoms with Gasteiger partial charge in [-0.3, -0.25) is 14.2 Å². The van der Waals surface area contributed by atoms with Crippen molar-refractivity contribution in [2.75, 3.05) is 11.4 Å². The Morgan fingerprint density at radius 1 is 1.26 bits per heavy atom. The van der Waals surface area contributed by atoms with Crippen LogP contribution < -0.4 is 15.8 Å². The van der Waals surface area contributed by atoms with Crippen LogP contribution in [0, 0.1) is 0 Å². The van der Waals surface area contributed by atoms with E-state index >= 15 is 0 Å². The van der Waals surface area contributed by atoms with Crippen LogP contribution in [-0.4, -0.2) is 38.1 Å². The standard InChI is InChI=1S/C22H25N5O3S/c1-26-19(29)16-18(25-20(26)22(30)10-6-11-22)31-21(24-16)27-12-5-9-15(27)17(28)23-13-14-7-3-2-4-8-14/h2-4,7-8,15,30H,5-6,9-13H2,1H3,(H,23,28)/t15-/m1/s1. The van der Waals surface area contributed by atoms with Gasteiger partial charge in [0.2, 0.25) is 5.91 Å². The summed E-state index contributed by atoms with van der Waals surface area (Å²) in [6.07, 6.45) is 3.77. The van der Waals surface area contributed by atoms with Gasteiger partial charge in [0.25, 0.3) is 5.56 Å². The van der Waals surface area contributed by atoms with E-state index in [-0.39, 0.29) is 17.5 Å². The van der Waals surface area contributed by atoms with E-state index in [4.69, 9.17) is 0 Å². The van der Waals surface area contributed by atoms with Crippen molar-refractivity contribution >= 4 is 32.7 Å². The number of thiazole rings is 1. The van der Waals surface area contributed by atoms with Crippen LogP contribution in [0.1, 0.15) is 43.5 Å². The number of benzene rings is 1. The van der Waals surface area contributed by atoms with Gasteiger partial charge < -0.3 is 15.3 Å². The first-order valence-corrected chi connectivity index (χ1v) is 11.5. The molecular formula is C22H25N5O3S. The van der Waals surface area contributed by atoms with E-state index in [9.17, 15) is 14.7 Å². The third-order valence-corrected chi connectivity index (χ3v) is 7.32. The highest BCUT2D eigenvalue weighted by molar-refractivity contribution is 7.21. The molecule has 3 aromatic rings. The third-order valence-electron chi connectivity index (χ3n) is 6.34. The third kappa shape index (κ3) is 3.51. The van der Waals surface area contributed by atoms with E-state index in [0.717, 1.165) is 24.8 Å². The monoisotopic (exact) mass is 439 g/mol. The molecule has 1 amide bonds. The van der Waals surface area contributed by atoms with Crippen LogP contribution in [-0.2, 0) is 24.0 Å². The normalized spacial score (nSPS) is 20.1. The van der Waals surface area contributed by atoms with E-state index < -0.39 is 5.60 Å². The summed E-state index contributed by atoms with van der Waals surface area (Å²) in [4.78, 5) is 37.4. The summed E-state index contributed by atoms with van der Waals surface area (Å²) in [6.45, 7) is 1.19. The Hall–Kier alpha value is -2.78. The zero-order chi connectivity index (χ0) is 21.6. The van der Waals surface area contributed by atoms with Crippen molar-refractivity contribution < 1.29 is 9.90 Å². The summed E-state index contributed by atoms with van der Waals surface area (Å²) in [5.74, 6) is 0.371. The first kappa shape index (κ1) is 20.1. The molecule has 0 radical (unpaired) electrons. The number of rotatable bonds is 5.